The van der Waals surface area contributed by atoms with Crippen LogP contribution < -0.4 is 32.3 Å². The third-order valence-corrected chi connectivity index (χ3v) is 12.5. The van der Waals surface area contributed by atoms with Crippen molar-refractivity contribution in [3.8, 4) is 0 Å². The first-order chi connectivity index (χ1) is 20.4. The molecule has 8 nitrogen and oxygen atoms in total. The van der Waals surface area contributed by atoms with Crippen LogP contribution in [0.4, 0.5) is 0 Å². The normalized spacial score (nSPS) is 35.8. The van der Waals surface area contributed by atoms with Crippen LogP contribution in [0.5, 0.6) is 0 Å². The lowest BCUT2D eigenvalue weighted by molar-refractivity contribution is -0.141. The van der Waals surface area contributed by atoms with Crippen LogP contribution >= 0.6 is 0 Å². The highest BCUT2D eigenvalue weighted by Crippen LogP contribution is 2.67. The van der Waals surface area contributed by atoms with Crippen LogP contribution in [0.15, 0.2) is 0 Å². The molecule has 244 valence electrons. The topological polar surface area (TPSA) is 112 Å². The number of ether oxygens (including phenoxy) is 1. The quantitative estimate of drug-likeness (QED) is 0.100. The van der Waals surface area contributed by atoms with Gasteiger partial charge in [-0.15, -0.1) is 0 Å². The molecule has 4 aliphatic rings. The molecule has 42 heavy (non-hydrogen) atoms. The van der Waals surface area contributed by atoms with Gasteiger partial charge in [0, 0.05) is 77.9 Å². The highest BCUT2D eigenvalue weighted by molar-refractivity contribution is 5.68. The van der Waals surface area contributed by atoms with Crippen molar-refractivity contribution in [2.24, 2.45) is 46.2 Å². The van der Waals surface area contributed by atoms with Gasteiger partial charge in [-0.25, -0.2) is 0 Å². The van der Waals surface area contributed by atoms with Gasteiger partial charge in [0.1, 0.15) is 0 Å². The molecule has 0 aliphatic heterocycles. The fourth-order valence-electron chi connectivity index (χ4n) is 10.1. The van der Waals surface area contributed by atoms with Gasteiger partial charge in [0.25, 0.3) is 0 Å². The monoisotopic (exact) mass is 591 g/mol. The predicted octanol–water partition coefficient (Wildman–Crippen LogP) is 3.26. The summed E-state index contributed by atoms with van der Waals surface area (Å²) in [6.07, 6.45) is 15.5. The summed E-state index contributed by atoms with van der Waals surface area (Å²) in [4.78, 5) is 11.7. The van der Waals surface area contributed by atoms with Crippen molar-refractivity contribution in [3.05, 3.63) is 0 Å². The summed E-state index contributed by atoms with van der Waals surface area (Å²) in [6, 6.07) is 0.699. The molecule has 8 atom stereocenters. The second-order valence-corrected chi connectivity index (χ2v) is 14.7. The number of carbonyl (C=O) groups is 1. The molecule has 0 radical (unpaired) electrons. The van der Waals surface area contributed by atoms with Gasteiger partial charge < -0.3 is 37.1 Å². The third kappa shape index (κ3) is 8.69. The van der Waals surface area contributed by atoms with E-state index in [-0.39, 0.29) is 5.97 Å². The average molecular weight is 591 g/mol. The molecular formula is C34H66N6O2. The lowest BCUT2D eigenvalue weighted by Gasteiger charge is -2.61. The molecule has 4 rings (SSSR count). The van der Waals surface area contributed by atoms with Crippen molar-refractivity contribution < 1.29 is 9.53 Å². The number of fused-ring (bicyclic) bond motifs is 5. The molecule has 0 spiro atoms. The number of rotatable bonds is 19. The number of esters is 1. The van der Waals surface area contributed by atoms with E-state index >= 15 is 0 Å². The number of nitrogens with two attached hydrogens (primary N) is 1. The van der Waals surface area contributed by atoms with Gasteiger partial charge >= 0.3 is 5.97 Å². The Labute approximate surface area is 257 Å². The molecular weight excluding hydrogens is 524 g/mol. The number of carbonyl (C=O) groups excluding carboxylic acids is 1. The van der Waals surface area contributed by atoms with Gasteiger partial charge in [-0.2, -0.15) is 0 Å². The Morgan fingerprint density at radius 1 is 0.762 bits per heavy atom. The SMILES string of the molecule is COC(=O)CCC[C@H]1CCC2C3CCC4C[C@@H](NCCNCCNCCNCCNCCN)CC[C@]4(C)C3CC[C@@]21C. The molecule has 4 fully saturated rings. The third-order valence-electron chi connectivity index (χ3n) is 12.5. The van der Waals surface area contributed by atoms with Crippen LogP contribution in [0, 0.1) is 40.4 Å². The van der Waals surface area contributed by atoms with E-state index in [4.69, 9.17) is 10.5 Å². The highest BCUT2D eigenvalue weighted by Gasteiger charge is 2.59. The van der Waals surface area contributed by atoms with E-state index < -0.39 is 0 Å². The maximum absolute atomic E-state index is 11.7. The molecule has 8 heteroatoms. The van der Waals surface area contributed by atoms with Crippen LogP contribution in [0.2, 0.25) is 0 Å². The van der Waals surface area contributed by atoms with E-state index in [0.717, 1.165) is 94.9 Å². The van der Waals surface area contributed by atoms with Crippen molar-refractivity contribution in [3.63, 3.8) is 0 Å². The second-order valence-electron chi connectivity index (χ2n) is 14.7. The lowest BCUT2D eigenvalue weighted by atomic mass is 9.44. The molecule has 4 saturated carbocycles. The zero-order chi connectivity index (χ0) is 29.8. The summed E-state index contributed by atoms with van der Waals surface area (Å²) in [5.74, 6) is 4.44. The predicted molar refractivity (Wildman–Crippen MR) is 173 cm³/mol. The van der Waals surface area contributed by atoms with Gasteiger partial charge in [0.2, 0.25) is 0 Å². The van der Waals surface area contributed by atoms with Gasteiger partial charge in [0.05, 0.1) is 7.11 Å². The average Bonchev–Trinajstić information content (AvgIpc) is 3.33. The van der Waals surface area contributed by atoms with Gasteiger partial charge in [-0.05, 0) is 111 Å². The Balaban J connectivity index is 1.10. The summed E-state index contributed by atoms with van der Waals surface area (Å²) in [5, 5.41) is 17.8. The number of hydrogen-bond donors (Lipinski definition) is 6. The maximum Gasteiger partial charge on any atom is 0.305 e. The first-order valence-corrected chi connectivity index (χ1v) is 17.8. The minimum atomic E-state index is -0.0403. The van der Waals surface area contributed by atoms with Crippen LogP contribution in [0.25, 0.3) is 0 Å². The first kappa shape index (κ1) is 34.1. The van der Waals surface area contributed by atoms with Crippen molar-refractivity contribution in [2.75, 3.05) is 72.6 Å². The van der Waals surface area contributed by atoms with E-state index in [9.17, 15) is 4.79 Å². The molecule has 4 unspecified atom stereocenters. The number of hydrogen-bond acceptors (Lipinski definition) is 8. The number of methoxy groups -OCH3 is 1. The van der Waals surface area contributed by atoms with Crippen LogP contribution in [-0.2, 0) is 9.53 Å². The minimum absolute atomic E-state index is 0.0403. The minimum Gasteiger partial charge on any atom is -0.469 e. The zero-order valence-electron chi connectivity index (χ0n) is 27.4. The summed E-state index contributed by atoms with van der Waals surface area (Å²) in [7, 11) is 1.52. The molecule has 0 aromatic carbocycles. The fraction of sp³-hybridized carbons (Fsp3) is 0.971. The Hall–Kier alpha value is -0.770. The largest absolute Gasteiger partial charge is 0.469 e. The van der Waals surface area contributed by atoms with Crippen molar-refractivity contribution >= 4 is 5.97 Å². The second kappa shape index (κ2) is 17.1. The summed E-state index contributed by atoms with van der Waals surface area (Å²) >= 11 is 0. The molecule has 0 saturated heterocycles. The Bertz CT molecular complexity index is 800. The molecule has 0 aromatic heterocycles. The van der Waals surface area contributed by atoms with E-state index in [0.29, 0.717) is 29.8 Å². The standard InChI is InChI=1S/C34H66N6O2/c1-33-14-12-31-29(30(33)10-8-26(33)5-4-6-32(41)42-3)9-7-27-25-28(11-13-34(27,31)2)40-24-23-39-22-21-38-20-19-37-18-17-36-16-15-35/h26-31,36-40H,4-25,35H2,1-3H3/t26-,27?,28-,29?,30?,31?,33+,34-/m0/s1. The van der Waals surface area contributed by atoms with Crippen LogP contribution in [-0.4, -0.2) is 84.6 Å². The first-order valence-electron chi connectivity index (χ1n) is 17.8. The van der Waals surface area contributed by atoms with Crippen molar-refractivity contribution in [1.29, 1.82) is 0 Å². The van der Waals surface area contributed by atoms with Gasteiger partial charge in [-0.3, -0.25) is 4.79 Å². The van der Waals surface area contributed by atoms with Crippen LogP contribution in [0.3, 0.4) is 0 Å². The Morgan fingerprint density at radius 2 is 1.38 bits per heavy atom. The Morgan fingerprint density at radius 3 is 2.05 bits per heavy atom. The maximum atomic E-state index is 11.7. The smallest absolute Gasteiger partial charge is 0.305 e. The highest BCUT2D eigenvalue weighted by atomic mass is 16.5. The van der Waals surface area contributed by atoms with Crippen LogP contribution in [0.1, 0.15) is 90.9 Å². The summed E-state index contributed by atoms with van der Waals surface area (Å²) in [5.41, 5.74) is 6.53. The van der Waals surface area contributed by atoms with Crippen molar-refractivity contribution in [1.82, 2.24) is 26.6 Å². The fourth-order valence-corrected chi connectivity index (χ4v) is 10.1. The number of nitrogens with one attached hydrogen (secondary N) is 5. The molecule has 4 aliphatic carbocycles. The summed E-state index contributed by atoms with van der Waals surface area (Å²) in [6.45, 7) is 15.1. The molecule has 0 heterocycles. The Kier molecular flexibility index (Phi) is 13.9. The molecule has 7 N–H and O–H groups in total. The van der Waals surface area contributed by atoms with Crippen molar-refractivity contribution in [2.45, 2.75) is 96.9 Å². The molecule has 0 bridgehead atoms. The van der Waals surface area contributed by atoms with E-state index in [1.807, 2.05) is 0 Å². The molecule has 0 aromatic rings. The van der Waals surface area contributed by atoms with E-state index in [1.54, 1.807) is 0 Å². The lowest BCUT2D eigenvalue weighted by Crippen LogP contribution is -2.55. The molecule has 0 amide bonds. The van der Waals surface area contributed by atoms with Gasteiger partial charge in [0.15, 0.2) is 0 Å². The van der Waals surface area contributed by atoms with E-state index in [2.05, 4.69) is 40.4 Å². The zero-order valence-corrected chi connectivity index (χ0v) is 27.4. The van der Waals surface area contributed by atoms with E-state index in [1.165, 1.54) is 71.3 Å². The van der Waals surface area contributed by atoms with Gasteiger partial charge in [-0.1, -0.05) is 13.8 Å². The summed E-state index contributed by atoms with van der Waals surface area (Å²) < 4.78 is 4.90.